The number of ether oxygens (including phenoxy) is 1. The number of benzene rings is 1. The molecule has 1 saturated heterocycles. The Morgan fingerprint density at radius 1 is 1.23 bits per heavy atom. The van der Waals surface area contributed by atoms with Gasteiger partial charge >= 0.3 is 0 Å². The summed E-state index contributed by atoms with van der Waals surface area (Å²) < 4.78 is 10.8. The quantitative estimate of drug-likeness (QED) is 0.647. The summed E-state index contributed by atoms with van der Waals surface area (Å²) in [6.45, 7) is 11.6. The third-order valence-corrected chi connectivity index (χ3v) is 5.36. The molecule has 2 heterocycles. The van der Waals surface area contributed by atoms with Crippen LogP contribution in [0.2, 0.25) is 0 Å². The molecule has 164 valence electrons. The molecule has 1 aliphatic rings. The standard InChI is InChI=1S/C22H32N4O4/c1-4-29-14-19(27)12-25-7-9-26(10-8-25)13-21-24-20(15-30-21)22(28)23-18-6-5-16(2)17(3)11-18/h5-6,11,15,19,27H,4,7-10,12-14H2,1-3H3,(H,23,28)/t19-/m0/s1. The van der Waals surface area contributed by atoms with Gasteiger partial charge < -0.3 is 19.6 Å². The van der Waals surface area contributed by atoms with Gasteiger partial charge in [0, 0.05) is 45.0 Å². The predicted octanol–water partition coefficient (Wildman–Crippen LogP) is 2.06. The normalized spacial score (nSPS) is 16.5. The number of aryl methyl sites for hydroxylation is 2. The predicted molar refractivity (Wildman–Crippen MR) is 115 cm³/mol. The second-order valence-electron chi connectivity index (χ2n) is 7.77. The van der Waals surface area contributed by atoms with Crippen molar-refractivity contribution in [3.63, 3.8) is 0 Å². The van der Waals surface area contributed by atoms with Gasteiger partial charge in [0.25, 0.3) is 5.91 Å². The van der Waals surface area contributed by atoms with Gasteiger partial charge in [0.15, 0.2) is 5.69 Å². The van der Waals surface area contributed by atoms with Crippen LogP contribution in [0.5, 0.6) is 0 Å². The molecule has 1 aromatic carbocycles. The van der Waals surface area contributed by atoms with Gasteiger partial charge in [-0.2, -0.15) is 0 Å². The molecule has 1 fully saturated rings. The van der Waals surface area contributed by atoms with Crippen molar-refractivity contribution in [3.05, 3.63) is 47.2 Å². The van der Waals surface area contributed by atoms with Crippen LogP contribution in [0.15, 0.2) is 28.9 Å². The minimum atomic E-state index is -0.457. The van der Waals surface area contributed by atoms with Crippen LogP contribution in [-0.4, -0.2) is 77.8 Å². The number of rotatable bonds is 9. The van der Waals surface area contributed by atoms with Crippen LogP contribution >= 0.6 is 0 Å². The van der Waals surface area contributed by atoms with Gasteiger partial charge in [-0.25, -0.2) is 4.98 Å². The summed E-state index contributed by atoms with van der Waals surface area (Å²) in [4.78, 5) is 21.3. The molecule has 0 unspecified atom stereocenters. The first-order valence-electron chi connectivity index (χ1n) is 10.5. The lowest BCUT2D eigenvalue weighted by molar-refractivity contribution is 0.00949. The molecule has 1 aromatic heterocycles. The Morgan fingerprint density at radius 2 is 1.97 bits per heavy atom. The molecule has 1 amide bonds. The summed E-state index contributed by atoms with van der Waals surface area (Å²) in [5, 5.41) is 12.8. The fraction of sp³-hybridized carbons (Fsp3) is 0.545. The van der Waals surface area contributed by atoms with E-state index in [0.29, 0.717) is 32.2 Å². The second-order valence-corrected chi connectivity index (χ2v) is 7.77. The number of hydrogen-bond acceptors (Lipinski definition) is 7. The van der Waals surface area contributed by atoms with Crippen molar-refractivity contribution >= 4 is 11.6 Å². The lowest BCUT2D eigenvalue weighted by atomic mass is 10.1. The minimum absolute atomic E-state index is 0.277. The summed E-state index contributed by atoms with van der Waals surface area (Å²) in [7, 11) is 0. The molecule has 2 N–H and O–H groups in total. The van der Waals surface area contributed by atoms with E-state index in [9.17, 15) is 9.90 Å². The lowest BCUT2D eigenvalue weighted by Crippen LogP contribution is -2.48. The number of aliphatic hydroxyl groups is 1. The molecule has 1 aliphatic heterocycles. The Hall–Kier alpha value is -2.26. The number of piperazine rings is 1. The number of hydrogen-bond donors (Lipinski definition) is 2. The highest BCUT2D eigenvalue weighted by Gasteiger charge is 2.21. The molecule has 0 bridgehead atoms. The average molecular weight is 417 g/mol. The van der Waals surface area contributed by atoms with Crippen molar-refractivity contribution in [3.8, 4) is 0 Å². The average Bonchev–Trinajstić information content (AvgIpc) is 3.19. The smallest absolute Gasteiger partial charge is 0.277 e. The Labute approximate surface area is 177 Å². The summed E-state index contributed by atoms with van der Waals surface area (Å²) in [6.07, 6.45) is 0.952. The molecule has 30 heavy (non-hydrogen) atoms. The molecule has 2 aromatic rings. The van der Waals surface area contributed by atoms with E-state index in [4.69, 9.17) is 9.15 Å². The van der Waals surface area contributed by atoms with Gasteiger partial charge in [0.05, 0.1) is 19.3 Å². The molecule has 1 atom stereocenters. The fourth-order valence-corrected chi connectivity index (χ4v) is 3.43. The molecular weight excluding hydrogens is 384 g/mol. The van der Waals surface area contributed by atoms with Crippen molar-refractivity contribution in [2.75, 3.05) is 51.3 Å². The first-order valence-corrected chi connectivity index (χ1v) is 10.5. The van der Waals surface area contributed by atoms with Crippen LogP contribution in [0.1, 0.15) is 34.4 Å². The minimum Gasteiger partial charge on any atom is -0.447 e. The Morgan fingerprint density at radius 3 is 2.67 bits per heavy atom. The van der Waals surface area contributed by atoms with E-state index in [0.717, 1.165) is 37.4 Å². The number of β-amino-alcohol motifs (C(OH)–C–C–N with tert-alkyl or cyclic N) is 1. The van der Waals surface area contributed by atoms with Gasteiger partial charge in [-0.3, -0.25) is 14.6 Å². The van der Waals surface area contributed by atoms with Crippen LogP contribution in [0.4, 0.5) is 5.69 Å². The third kappa shape index (κ3) is 6.37. The number of aliphatic hydroxyl groups excluding tert-OH is 1. The maximum absolute atomic E-state index is 12.4. The molecule has 0 spiro atoms. The number of oxazole rings is 1. The first kappa shape index (κ1) is 22.4. The van der Waals surface area contributed by atoms with Crippen LogP contribution in [0, 0.1) is 13.8 Å². The van der Waals surface area contributed by atoms with Gasteiger partial charge in [-0.1, -0.05) is 6.07 Å². The van der Waals surface area contributed by atoms with Gasteiger partial charge in [0.1, 0.15) is 6.26 Å². The monoisotopic (exact) mass is 416 g/mol. The van der Waals surface area contributed by atoms with E-state index in [1.54, 1.807) is 0 Å². The van der Waals surface area contributed by atoms with Crippen LogP contribution in [0.25, 0.3) is 0 Å². The van der Waals surface area contributed by atoms with E-state index in [2.05, 4.69) is 20.1 Å². The molecule has 3 rings (SSSR count). The molecule has 0 aliphatic carbocycles. The highest BCUT2D eigenvalue weighted by Crippen LogP contribution is 2.16. The summed E-state index contributed by atoms with van der Waals surface area (Å²) in [5.74, 6) is 0.256. The summed E-state index contributed by atoms with van der Waals surface area (Å²) in [6, 6.07) is 5.81. The van der Waals surface area contributed by atoms with Crippen molar-refractivity contribution in [2.24, 2.45) is 0 Å². The number of nitrogens with zero attached hydrogens (tertiary/aromatic N) is 3. The molecular formula is C22H32N4O4. The first-order chi connectivity index (χ1) is 14.4. The molecule has 8 heteroatoms. The zero-order chi connectivity index (χ0) is 21.5. The molecule has 0 radical (unpaired) electrons. The van der Waals surface area contributed by atoms with E-state index < -0.39 is 6.10 Å². The Balaban J connectivity index is 1.45. The van der Waals surface area contributed by atoms with Crippen molar-refractivity contribution < 1.29 is 19.1 Å². The van der Waals surface area contributed by atoms with Gasteiger partial charge in [0.2, 0.25) is 5.89 Å². The zero-order valence-electron chi connectivity index (χ0n) is 18.1. The van der Waals surface area contributed by atoms with E-state index >= 15 is 0 Å². The molecule has 0 saturated carbocycles. The van der Waals surface area contributed by atoms with E-state index in [-0.39, 0.29) is 11.6 Å². The Bertz CT molecular complexity index is 830. The Kier molecular flexibility index (Phi) is 7.98. The van der Waals surface area contributed by atoms with Crippen LogP contribution in [-0.2, 0) is 11.3 Å². The number of amides is 1. The van der Waals surface area contributed by atoms with E-state index in [1.807, 2.05) is 39.0 Å². The fourth-order valence-electron chi connectivity index (χ4n) is 3.43. The SMILES string of the molecule is CCOC[C@@H](O)CN1CCN(Cc2nc(C(=O)Nc3ccc(C)c(C)c3)co2)CC1. The topological polar surface area (TPSA) is 91.1 Å². The van der Waals surface area contributed by atoms with Crippen molar-refractivity contribution in [1.29, 1.82) is 0 Å². The van der Waals surface area contributed by atoms with Gasteiger partial charge in [-0.15, -0.1) is 0 Å². The van der Waals surface area contributed by atoms with Crippen LogP contribution in [0.3, 0.4) is 0 Å². The second kappa shape index (κ2) is 10.7. The number of carbonyl (C=O) groups excluding carboxylic acids is 1. The third-order valence-electron chi connectivity index (χ3n) is 5.36. The zero-order valence-corrected chi connectivity index (χ0v) is 18.1. The highest BCUT2D eigenvalue weighted by molar-refractivity contribution is 6.02. The van der Waals surface area contributed by atoms with Crippen molar-refractivity contribution in [2.45, 2.75) is 33.4 Å². The van der Waals surface area contributed by atoms with Gasteiger partial charge in [-0.05, 0) is 44.0 Å². The summed E-state index contributed by atoms with van der Waals surface area (Å²) >= 11 is 0. The lowest BCUT2D eigenvalue weighted by Gasteiger charge is -2.34. The number of nitrogens with one attached hydrogen (secondary N) is 1. The number of aromatic nitrogens is 1. The number of carbonyl (C=O) groups is 1. The maximum Gasteiger partial charge on any atom is 0.277 e. The largest absolute Gasteiger partial charge is 0.447 e. The van der Waals surface area contributed by atoms with E-state index in [1.165, 1.54) is 11.8 Å². The number of anilines is 1. The highest BCUT2D eigenvalue weighted by atomic mass is 16.5. The van der Waals surface area contributed by atoms with Crippen molar-refractivity contribution in [1.82, 2.24) is 14.8 Å². The molecule has 8 nitrogen and oxygen atoms in total. The van der Waals surface area contributed by atoms with Crippen LogP contribution < -0.4 is 5.32 Å². The summed E-state index contributed by atoms with van der Waals surface area (Å²) in [5.41, 5.74) is 3.33. The maximum atomic E-state index is 12.4.